The van der Waals surface area contributed by atoms with Crippen molar-refractivity contribution in [1.82, 2.24) is 4.90 Å². The number of ether oxygens (including phenoxy) is 1. The summed E-state index contributed by atoms with van der Waals surface area (Å²) in [5.74, 6) is -0.0897. The van der Waals surface area contributed by atoms with E-state index in [-0.39, 0.29) is 17.5 Å². The second-order valence-corrected chi connectivity index (χ2v) is 5.94. The molecule has 0 heterocycles. The molecule has 0 saturated heterocycles. The predicted octanol–water partition coefficient (Wildman–Crippen LogP) is 0.0405. The van der Waals surface area contributed by atoms with E-state index in [4.69, 9.17) is 4.74 Å². The number of quaternary nitrogens is 1. The summed E-state index contributed by atoms with van der Waals surface area (Å²) in [5.41, 5.74) is -0.383. The summed E-state index contributed by atoms with van der Waals surface area (Å²) < 4.78 is 5.63. The molecule has 0 spiro atoms. The number of likely N-dealkylation sites (N-methyl/N-ethyl adjacent to an activating group) is 2. The van der Waals surface area contributed by atoms with Crippen LogP contribution in [0.2, 0.25) is 0 Å². The number of hydrogen-bond acceptors (Lipinski definition) is 3. The van der Waals surface area contributed by atoms with Crippen LogP contribution in [0.3, 0.4) is 0 Å². The number of esters is 1. The van der Waals surface area contributed by atoms with Gasteiger partial charge in [-0.15, -0.1) is 0 Å². The van der Waals surface area contributed by atoms with Gasteiger partial charge in [-0.2, -0.15) is 0 Å². The Hall–Kier alpha value is -0.610. The molecule has 4 nitrogen and oxygen atoms in total. The molecule has 17 heavy (non-hydrogen) atoms. The summed E-state index contributed by atoms with van der Waals surface area (Å²) in [7, 11) is 8.14. The van der Waals surface area contributed by atoms with E-state index < -0.39 is 0 Å². The highest BCUT2D eigenvalue weighted by Gasteiger charge is 2.30. The predicted molar refractivity (Wildman–Crippen MR) is 70.2 cm³/mol. The van der Waals surface area contributed by atoms with Crippen LogP contribution in [0.1, 0.15) is 27.2 Å². The summed E-state index contributed by atoms with van der Waals surface area (Å²) in [6.45, 7) is 7.50. The Labute approximate surface area is 106 Å². The average molecular weight is 245 g/mol. The Kier molecular flexibility index (Phi) is 6.72. The van der Waals surface area contributed by atoms with E-state index in [1.807, 2.05) is 34.9 Å². The van der Waals surface area contributed by atoms with Crippen molar-refractivity contribution in [2.24, 2.45) is 5.41 Å². The fourth-order valence-electron chi connectivity index (χ4n) is 1.46. The van der Waals surface area contributed by atoms with Crippen LogP contribution in [0.25, 0.3) is 0 Å². The maximum Gasteiger partial charge on any atom is 0.312 e. The van der Waals surface area contributed by atoms with Gasteiger partial charge in [0.2, 0.25) is 0 Å². The minimum absolute atomic E-state index is 0.0340. The first-order valence-electron chi connectivity index (χ1n) is 6.34. The largest absolute Gasteiger partial charge is 0.455 e. The van der Waals surface area contributed by atoms with Crippen LogP contribution < -0.4 is 4.90 Å². The van der Waals surface area contributed by atoms with E-state index in [0.717, 1.165) is 19.5 Å². The molecular formula is C13H29N2O2+. The van der Waals surface area contributed by atoms with Crippen molar-refractivity contribution in [2.75, 3.05) is 41.3 Å². The third-order valence-corrected chi connectivity index (χ3v) is 2.91. The van der Waals surface area contributed by atoms with Gasteiger partial charge < -0.3 is 14.5 Å². The fraction of sp³-hybridized carbons (Fsp3) is 0.923. The number of hydrogen-bond donors (Lipinski definition) is 1. The Bertz CT molecular complexity index is 228. The molecule has 0 aromatic heterocycles. The normalized spacial score (nSPS) is 14.2. The molecular weight excluding hydrogens is 216 g/mol. The molecule has 1 atom stereocenters. The second kappa shape index (κ2) is 6.97. The molecule has 0 saturated carbocycles. The van der Waals surface area contributed by atoms with Crippen molar-refractivity contribution in [3.8, 4) is 0 Å². The van der Waals surface area contributed by atoms with Crippen LogP contribution in [-0.2, 0) is 9.53 Å². The first-order chi connectivity index (χ1) is 7.69. The van der Waals surface area contributed by atoms with E-state index in [9.17, 15) is 4.79 Å². The highest BCUT2D eigenvalue weighted by Crippen LogP contribution is 2.22. The minimum atomic E-state index is -0.383. The highest BCUT2D eigenvalue weighted by atomic mass is 16.5. The molecule has 0 radical (unpaired) electrons. The van der Waals surface area contributed by atoms with Gasteiger partial charge in [0.1, 0.15) is 6.54 Å². The number of nitrogens with zero attached hydrogens (tertiary/aromatic N) is 1. The lowest BCUT2D eigenvalue weighted by atomic mass is 9.90. The zero-order chi connectivity index (χ0) is 13.6. The molecule has 4 heteroatoms. The Morgan fingerprint density at radius 2 is 1.88 bits per heavy atom. The van der Waals surface area contributed by atoms with Gasteiger partial charge in [-0.05, 0) is 34.4 Å². The van der Waals surface area contributed by atoms with E-state index in [0.29, 0.717) is 0 Å². The molecule has 0 aliphatic carbocycles. The first kappa shape index (κ1) is 16.4. The van der Waals surface area contributed by atoms with Gasteiger partial charge in [-0.1, -0.05) is 6.92 Å². The van der Waals surface area contributed by atoms with Crippen LogP contribution >= 0.6 is 0 Å². The quantitative estimate of drug-likeness (QED) is 0.643. The maximum absolute atomic E-state index is 12.0. The lowest BCUT2D eigenvalue weighted by molar-refractivity contribution is -0.861. The third-order valence-electron chi connectivity index (χ3n) is 2.91. The smallest absolute Gasteiger partial charge is 0.312 e. The zero-order valence-electron chi connectivity index (χ0n) is 12.5. The third kappa shape index (κ3) is 6.64. The first-order valence-corrected chi connectivity index (χ1v) is 6.34. The maximum atomic E-state index is 12.0. The number of carbonyl (C=O) groups excluding carboxylic acids is 1. The Morgan fingerprint density at radius 1 is 1.35 bits per heavy atom. The summed E-state index contributed by atoms with van der Waals surface area (Å²) >= 11 is 0. The number of rotatable bonds is 7. The van der Waals surface area contributed by atoms with Crippen LogP contribution in [-0.4, -0.2) is 58.3 Å². The van der Waals surface area contributed by atoms with E-state index in [2.05, 4.69) is 19.0 Å². The van der Waals surface area contributed by atoms with Gasteiger partial charge >= 0.3 is 5.97 Å². The average Bonchev–Trinajstić information content (AvgIpc) is 2.15. The second-order valence-electron chi connectivity index (χ2n) is 5.94. The van der Waals surface area contributed by atoms with Crippen molar-refractivity contribution in [2.45, 2.75) is 33.3 Å². The molecule has 0 aliphatic heterocycles. The fourth-order valence-corrected chi connectivity index (χ4v) is 1.46. The summed E-state index contributed by atoms with van der Waals surface area (Å²) in [6, 6.07) is 0. The van der Waals surface area contributed by atoms with Crippen LogP contribution in [0, 0.1) is 5.41 Å². The van der Waals surface area contributed by atoms with Crippen molar-refractivity contribution < 1.29 is 14.4 Å². The molecule has 0 aromatic rings. The molecule has 0 bridgehead atoms. The van der Waals surface area contributed by atoms with Crippen molar-refractivity contribution in [1.29, 1.82) is 0 Å². The van der Waals surface area contributed by atoms with E-state index >= 15 is 0 Å². The number of nitrogens with one attached hydrogen (secondary N) is 1. The molecule has 102 valence electrons. The topological polar surface area (TPSA) is 34.0 Å². The lowest BCUT2D eigenvalue weighted by Crippen LogP contribution is -3.07. The molecule has 0 aromatic carbocycles. The summed E-state index contributed by atoms with van der Waals surface area (Å²) in [6.07, 6.45) is 0.767. The minimum Gasteiger partial charge on any atom is -0.455 e. The lowest BCUT2D eigenvalue weighted by Gasteiger charge is -2.27. The van der Waals surface area contributed by atoms with Crippen LogP contribution in [0.4, 0.5) is 0 Å². The number of carbonyl (C=O) groups is 1. The Balaban J connectivity index is 4.47. The zero-order valence-corrected chi connectivity index (χ0v) is 12.5. The molecule has 0 fully saturated rings. The highest BCUT2D eigenvalue weighted by molar-refractivity contribution is 5.76. The van der Waals surface area contributed by atoms with Crippen LogP contribution in [0.5, 0.6) is 0 Å². The van der Waals surface area contributed by atoms with Gasteiger partial charge in [0, 0.05) is 6.54 Å². The molecule has 0 amide bonds. The van der Waals surface area contributed by atoms with Gasteiger partial charge in [0.25, 0.3) is 0 Å². The molecule has 1 N–H and O–H groups in total. The van der Waals surface area contributed by atoms with E-state index in [1.54, 1.807) is 0 Å². The van der Waals surface area contributed by atoms with Crippen LogP contribution in [0.15, 0.2) is 0 Å². The monoisotopic (exact) mass is 245 g/mol. The molecule has 1 unspecified atom stereocenters. The Morgan fingerprint density at radius 3 is 2.24 bits per heavy atom. The van der Waals surface area contributed by atoms with Gasteiger partial charge in [-0.3, -0.25) is 4.79 Å². The molecule has 0 rings (SSSR count). The standard InChI is InChI=1S/C13H28N2O2/c1-8-13(2,3)12(16)17-11(9-14(4)5)10-15(6)7/h11H,8-10H2,1-7H3/p+1. The SMILES string of the molecule is CCC(C)(C)C(=O)OC(CN(C)C)C[NH+](C)C. The molecule has 0 aliphatic rings. The van der Waals surface area contributed by atoms with Crippen molar-refractivity contribution in [3.63, 3.8) is 0 Å². The summed E-state index contributed by atoms with van der Waals surface area (Å²) in [5, 5.41) is 0. The van der Waals surface area contributed by atoms with Gasteiger partial charge in [-0.25, -0.2) is 0 Å². The summed E-state index contributed by atoms with van der Waals surface area (Å²) in [4.78, 5) is 15.4. The van der Waals surface area contributed by atoms with Gasteiger partial charge in [0.15, 0.2) is 6.10 Å². The van der Waals surface area contributed by atoms with Gasteiger partial charge in [0.05, 0.1) is 19.5 Å². The van der Waals surface area contributed by atoms with Crippen molar-refractivity contribution >= 4 is 5.97 Å². The van der Waals surface area contributed by atoms with Crippen molar-refractivity contribution in [3.05, 3.63) is 0 Å². The van der Waals surface area contributed by atoms with E-state index in [1.165, 1.54) is 4.90 Å².